The molecule has 3 heterocycles. The van der Waals surface area contributed by atoms with Crippen LogP contribution in [0.25, 0.3) is 0 Å². The van der Waals surface area contributed by atoms with Crippen molar-refractivity contribution in [3.63, 3.8) is 0 Å². The maximum Gasteiger partial charge on any atom is 0.272 e. The average Bonchev–Trinajstić information content (AvgIpc) is 3.28. The third-order valence-corrected chi connectivity index (χ3v) is 4.07. The molecule has 2 N–H and O–H groups in total. The highest BCUT2D eigenvalue weighted by Crippen LogP contribution is 2.16. The maximum absolute atomic E-state index is 12.2. The quantitative estimate of drug-likeness (QED) is 0.678. The van der Waals surface area contributed by atoms with Crippen LogP contribution < -0.4 is 10.6 Å². The number of carbonyl (C=O) groups excluding carboxylic acids is 2. The van der Waals surface area contributed by atoms with Gasteiger partial charge in [0.15, 0.2) is 0 Å². The number of carbonyl (C=O) groups is 2. The number of rotatable bonds is 7. The molecular weight excluding hydrogens is 324 g/mol. The fourth-order valence-electron chi connectivity index (χ4n) is 2.79. The number of methoxy groups -OCH3 is 1. The third-order valence-electron chi connectivity index (χ3n) is 4.07. The summed E-state index contributed by atoms with van der Waals surface area (Å²) in [6.07, 6.45) is 2.42. The van der Waals surface area contributed by atoms with Gasteiger partial charge in [0.25, 0.3) is 11.8 Å². The largest absolute Gasteiger partial charge is 0.383 e. The number of amides is 2. The summed E-state index contributed by atoms with van der Waals surface area (Å²) >= 11 is 0. The molecule has 0 aromatic carbocycles. The summed E-state index contributed by atoms with van der Waals surface area (Å²) in [5.74, 6) is -0.412. The Morgan fingerprint density at radius 3 is 2.84 bits per heavy atom. The number of ether oxygens (including phenoxy) is 1. The Hall–Kier alpha value is -2.68. The molecule has 9 heteroatoms. The van der Waals surface area contributed by atoms with Crippen molar-refractivity contribution in [3.8, 4) is 0 Å². The lowest BCUT2D eigenvalue weighted by atomic mass is 10.2. The van der Waals surface area contributed by atoms with E-state index in [0.29, 0.717) is 37.5 Å². The first-order chi connectivity index (χ1) is 12.1. The van der Waals surface area contributed by atoms with Gasteiger partial charge in [-0.2, -0.15) is 10.2 Å². The zero-order chi connectivity index (χ0) is 17.8. The van der Waals surface area contributed by atoms with Crippen LogP contribution in [0.2, 0.25) is 0 Å². The SMILES string of the molecule is CCn1ccc(C(=O)N[C@H]2Cc3cc(C(=O)NCCOC)nn3C2)n1. The van der Waals surface area contributed by atoms with Crippen LogP contribution in [0, 0.1) is 0 Å². The van der Waals surface area contributed by atoms with Crippen LogP contribution in [-0.4, -0.2) is 57.7 Å². The Morgan fingerprint density at radius 2 is 2.16 bits per heavy atom. The molecule has 2 amide bonds. The summed E-state index contributed by atoms with van der Waals surface area (Å²) in [4.78, 5) is 24.2. The van der Waals surface area contributed by atoms with E-state index in [9.17, 15) is 9.59 Å². The van der Waals surface area contributed by atoms with E-state index in [1.54, 1.807) is 34.8 Å². The molecule has 0 saturated carbocycles. The van der Waals surface area contributed by atoms with Crippen LogP contribution in [0.5, 0.6) is 0 Å². The minimum absolute atomic E-state index is 0.0487. The number of aryl methyl sites for hydroxylation is 1. The van der Waals surface area contributed by atoms with Crippen molar-refractivity contribution < 1.29 is 14.3 Å². The molecule has 0 aliphatic carbocycles. The van der Waals surface area contributed by atoms with Crippen molar-refractivity contribution in [2.75, 3.05) is 20.3 Å². The van der Waals surface area contributed by atoms with Crippen molar-refractivity contribution in [1.82, 2.24) is 30.2 Å². The molecular formula is C16H22N6O3. The second-order valence-corrected chi connectivity index (χ2v) is 5.88. The Bertz CT molecular complexity index is 742. The van der Waals surface area contributed by atoms with Crippen LogP contribution in [0.4, 0.5) is 0 Å². The van der Waals surface area contributed by atoms with Gasteiger partial charge in [0, 0.05) is 38.5 Å². The van der Waals surface area contributed by atoms with E-state index in [1.165, 1.54) is 0 Å². The van der Waals surface area contributed by atoms with E-state index >= 15 is 0 Å². The van der Waals surface area contributed by atoms with Gasteiger partial charge in [-0.15, -0.1) is 0 Å². The zero-order valence-electron chi connectivity index (χ0n) is 14.4. The van der Waals surface area contributed by atoms with Gasteiger partial charge in [0.1, 0.15) is 11.4 Å². The molecule has 25 heavy (non-hydrogen) atoms. The molecule has 134 valence electrons. The molecule has 1 aliphatic heterocycles. The molecule has 0 spiro atoms. The van der Waals surface area contributed by atoms with Gasteiger partial charge in [0.2, 0.25) is 0 Å². The topological polar surface area (TPSA) is 103 Å². The summed E-state index contributed by atoms with van der Waals surface area (Å²) in [6, 6.07) is 3.42. The number of nitrogens with zero attached hydrogens (tertiary/aromatic N) is 4. The smallest absolute Gasteiger partial charge is 0.272 e. The van der Waals surface area contributed by atoms with Gasteiger partial charge in [-0.05, 0) is 19.1 Å². The number of fused-ring (bicyclic) bond motifs is 1. The number of hydrogen-bond acceptors (Lipinski definition) is 5. The van der Waals surface area contributed by atoms with E-state index in [4.69, 9.17) is 4.74 Å². The number of aromatic nitrogens is 4. The second kappa shape index (κ2) is 7.47. The third kappa shape index (κ3) is 3.87. The Labute approximate surface area is 145 Å². The van der Waals surface area contributed by atoms with Crippen molar-refractivity contribution in [2.24, 2.45) is 0 Å². The van der Waals surface area contributed by atoms with Gasteiger partial charge < -0.3 is 15.4 Å². The molecule has 2 aromatic rings. The predicted octanol–water partition coefficient (Wildman–Crippen LogP) is -0.170. The van der Waals surface area contributed by atoms with Crippen LogP contribution in [0.15, 0.2) is 18.3 Å². The molecule has 0 fully saturated rings. The molecule has 0 unspecified atom stereocenters. The zero-order valence-corrected chi connectivity index (χ0v) is 14.4. The first-order valence-corrected chi connectivity index (χ1v) is 8.29. The lowest BCUT2D eigenvalue weighted by Crippen LogP contribution is -2.36. The Kier molecular flexibility index (Phi) is 5.13. The van der Waals surface area contributed by atoms with E-state index in [2.05, 4.69) is 20.8 Å². The highest BCUT2D eigenvalue weighted by molar-refractivity contribution is 5.93. The first-order valence-electron chi connectivity index (χ1n) is 8.29. The van der Waals surface area contributed by atoms with Gasteiger partial charge >= 0.3 is 0 Å². The lowest BCUT2D eigenvalue weighted by molar-refractivity contribution is 0.0918. The normalized spacial score (nSPS) is 15.8. The van der Waals surface area contributed by atoms with E-state index in [1.807, 2.05) is 6.92 Å². The molecule has 0 bridgehead atoms. The fraction of sp³-hybridized carbons (Fsp3) is 0.500. The Morgan fingerprint density at radius 1 is 1.32 bits per heavy atom. The van der Waals surface area contributed by atoms with Gasteiger partial charge in [-0.1, -0.05) is 0 Å². The van der Waals surface area contributed by atoms with Crippen molar-refractivity contribution in [1.29, 1.82) is 0 Å². The van der Waals surface area contributed by atoms with Crippen LogP contribution in [-0.2, 0) is 24.2 Å². The van der Waals surface area contributed by atoms with Crippen molar-refractivity contribution >= 4 is 11.8 Å². The van der Waals surface area contributed by atoms with Crippen LogP contribution >= 0.6 is 0 Å². The van der Waals surface area contributed by atoms with E-state index < -0.39 is 0 Å². The molecule has 0 saturated heterocycles. The van der Waals surface area contributed by atoms with Crippen LogP contribution in [0.1, 0.15) is 33.6 Å². The number of nitrogens with one attached hydrogen (secondary N) is 2. The maximum atomic E-state index is 12.2. The van der Waals surface area contributed by atoms with Gasteiger partial charge in [-0.25, -0.2) is 0 Å². The molecule has 1 atom stereocenters. The molecule has 9 nitrogen and oxygen atoms in total. The summed E-state index contributed by atoms with van der Waals surface area (Å²) in [7, 11) is 1.58. The summed E-state index contributed by atoms with van der Waals surface area (Å²) in [5.41, 5.74) is 1.73. The lowest BCUT2D eigenvalue weighted by Gasteiger charge is -2.10. The monoisotopic (exact) mass is 346 g/mol. The van der Waals surface area contributed by atoms with Gasteiger partial charge in [0.05, 0.1) is 19.2 Å². The van der Waals surface area contributed by atoms with Crippen molar-refractivity contribution in [2.45, 2.75) is 32.5 Å². The average molecular weight is 346 g/mol. The standard InChI is InChI=1S/C16H22N6O3/c1-3-21-6-4-13(19-21)16(24)18-11-8-12-9-14(20-22(12)10-11)15(23)17-5-7-25-2/h4,6,9,11H,3,5,7-8,10H2,1-2H3,(H,17,23)(H,18,24)/t11-/m0/s1. The van der Waals surface area contributed by atoms with Crippen molar-refractivity contribution in [3.05, 3.63) is 35.4 Å². The molecule has 3 rings (SSSR count). The number of hydrogen-bond donors (Lipinski definition) is 2. The second-order valence-electron chi connectivity index (χ2n) is 5.88. The summed E-state index contributed by atoms with van der Waals surface area (Å²) < 4.78 is 8.37. The molecule has 0 radical (unpaired) electrons. The van der Waals surface area contributed by atoms with E-state index in [-0.39, 0.29) is 17.9 Å². The summed E-state index contributed by atoms with van der Waals surface area (Å²) in [6.45, 7) is 4.14. The minimum Gasteiger partial charge on any atom is -0.383 e. The minimum atomic E-state index is -0.218. The highest BCUT2D eigenvalue weighted by atomic mass is 16.5. The van der Waals surface area contributed by atoms with Gasteiger partial charge in [-0.3, -0.25) is 19.0 Å². The fourth-order valence-corrected chi connectivity index (χ4v) is 2.79. The first kappa shape index (κ1) is 17.2. The Balaban J connectivity index is 1.54. The molecule has 1 aliphatic rings. The van der Waals surface area contributed by atoms with E-state index in [0.717, 1.165) is 12.2 Å². The van der Waals surface area contributed by atoms with Crippen LogP contribution in [0.3, 0.4) is 0 Å². The predicted molar refractivity (Wildman–Crippen MR) is 89.3 cm³/mol. The summed E-state index contributed by atoms with van der Waals surface area (Å²) in [5, 5.41) is 14.2. The molecule has 2 aromatic heterocycles. The highest BCUT2D eigenvalue weighted by Gasteiger charge is 2.27.